The number of fused-ring (bicyclic) bond motifs is 1. The summed E-state index contributed by atoms with van der Waals surface area (Å²) in [4.78, 5) is 24.2. The molecule has 43 heavy (non-hydrogen) atoms. The molecule has 0 unspecified atom stereocenters. The Kier molecular flexibility index (Phi) is 9.59. The number of carbonyl (C=O) groups is 1. The Hall–Kier alpha value is -4.19. The van der Waals surface area contributed by atoms with E-state index in [1.807, 2.05) is 18.2 Å². The summed E-state index contributed by atoms with van der Waals surface area (Å²) in [6, 6.07) is 11.3. The molecule has 4 rings (SSSR count). The van der Waals surface area contributed by atoms with Gasteiger partial charge in [0, 0.05) is 29.4 Å². The van der Waals surface area contributed by atoms with Gasteiger partial charge in [0.05, 0.1) is 16.6 Å². The van der Waals surface area contributed by atoms with E-state index in [0.717, 1.165) is 49.1 Å². The maximum atomic E-state index is 13.3. The number of halogens is 6. The molecule has 0 aliphatic rings. The highest BCUT2D eigenvalue weighted by atomic mass is 19.4. The summed E-state index contributed by atoms with van der Waals surface area (Å²) in [5.41, 5.74) is -0.867. The molecule has 1 aromatic heterocycles. The normalized spacial score (nSPS) is 12.1. The molecule has 12 heteroatoms. The summed E-state index contributed by atoms with van der Waals surface area (Å²) in [5, 5.41) is 6.48. The maximum absolute atomic E-state index is 13.3. The Bertz CT molecular complexity index is 1570. The molecule has 0 saturated carbocycles. The van der Waals surface area contributed by atoms with E-state index in [2.05, 4.69) is 39.3 Å². The first-order chi connectivity index (χ1) is 20.3. The first-order valence-corrected chi connectivity index (χ1v) is 13.7. The van der Waals surface area contributed by atoms with Crippen molar-refractivity contribution >= 4 is 28.4 Å². The number of nitrogens with zero attached hydrogens (tertiary/aromatic N) is 3. The Morgan fingerprint density at radius 2 is 1.58 bits per heavy atom. The van der Waals surface area contributed by atoms with Crippen molar-refractivity contribution in [2.24, 2.45) is 0 Å². The van der Waals surface area contributed by atoms with Crippen LogP contribution in [0.2, 0.25) is 0 Å². The molecule has 2 N–H and O–H groups in total. The Morgan fingerprint density at radius 3 is 2.21 bits per heavy atom. The van der Waals surface area contributed by atoms with Gasteiger partial charge < -0.3 is 15.5 Å². The Balaban J connectivity index is 1.54. The van der Waals surface area contributed by atoms with Crippen LogP contribution in [0.3, 0.4) is 0 Å². The van der Waals surface area contributed by atoms with E-state index in [-0.39, 0.29) is 11.8 Å². The van der Waals surface area contributed by atoms with E-state index in [9.17, 15) is 31.1 Å². The van der Waals surface area contributed by atoms with Gasteiger partial charge in [-0.2, -0.15) is 26.3 Å². The van der Waals surface area contributed by atoms with Crippen LogP contribution in [-0.2, 0) is 12.4 Å². The number of alkyl halides is 6. The van der Waals surface area contributed by atoms with Crippen LogP contribution in [-0.4, -0.2) is 47.0 Å². The number of carbonyl (C=O) groups excluding carboxylic acids is 1. The second-order valence-electron chi connectivity index (χ2n) is 10.0. The van der Waals surface area contributed by atoms with Crippen molar-refractivity contribution in [1.82, 2.24) is 14.9 Å². The van der Waals surface area contributed by atoms with Crippen molar-refractivity contribution in [2.75, 3.05) is 36.8 Å². The van der Waals surface area contributed by atoms with E-state index >= 15 is 0 Å². The summed E-state index contributed by atoms with van der Waals surface area (Å²) in [7, 11) is 0. The van der Waals surface area contributed by atoms with E-state index in [1.165, 1.54) is 6.07 Å². The number of amides is 1. The fourth-order valence-corrected chi connectivity index (χ4v) is 4.69. The molecule has 0 bridgehead atoms. The number of benzene rings is 3. The second kappa shape index (κ2) is 13.0. The molecule has 4 aromatic rings. The molecule has 0 saturated heterocycles. The van der Waals surface area contributed by atoms with Gasteiger partial charge in [-0.15, -0.1) is 0 Å². The zero-order valence-electron chi connectivity index (χ0n) is 23.8. The van der Waals surface area contributed by atoms with E-state index < -0.39 is 35.0 Å². The summed E-state index contributed by atoms with van der Waals surface area (Å²) >= 11 is 0. The van der Waals surface area contributed by atoms with Crippen LogP contribution in [0.1, 0.15) is 47.3 Å². The van der Waals surface area contributed by atoms with E-state index in [1.54, 1.807) is 25.3 Å². The number of hydrogen-bond donors (Lipinski definition) is 2. The van der Waals surface area contributed by atoms with Crippen molar-refractivity contribution in [2.45, 2.75) is 39.5 Å². The van der Waals surface area contributed by atoms with Crippen LogP contribution >= 0.6 is 0 Å². The first kappa shape index (κ1) is 31.7. The van der Waals surface area contributed by atoms with E-state index in [4.69, 9.17) is 0 Å². The van der Waals surface area contributed by atoms with Gasteiger partial charge in [-0.25, -0.2) is 9.97 Å². The standard InChI is InChI=1S/C31H31F6N5O/c1-4-42(5-2)13-7-12-38-29-39-18-22-14-20(10-11-27(22)41-29)25-8-6-9-26(19(25)3)40-28(43)21-15-23(30(32,33)34)17-24(16-21)31(35,36)37/h6,8-11,14-18H,4-5,7,12-13H2,1-3H3,(H,40,43)(H,38,39,41). The fraction of sp³-hybridized carbons (Fsp3) is 0.323. The second-order valence-corrected chi connectivity index (χ2v) is 10.0. The zero-order valence-corrected chi connectivity index (χ0v) is 23.8. The minimum Gasteiger partial charge on any atom is -0.354 e. The predicted octanol–water partition coefficient (Wildman–Crippen LogP) is 8.04. The molecule has 0 radical (unpaired) electrons. The van der Waals surface area contributed by atoms with Gasteiger partial charge in [0.25, 0.3) is 5.91 Å². The average Bonchev–Trinajstić information content (AvgIpc) is 2.97. The number of nitrogens with one attached hydrogen (secondary N) is 2. The highest BCUT2D eigenvalue weighted by Gasteiger charge is 2.37. The summed E-state index contributed by atoms with van der Waals surface area (Å²) in [6.07, 6.45) is -7.47. The van der Waals surface area contributed by atoms with Crippen LogP contribution in [0.4, 0.5) is 38.0 Å². The molecular formula is C31H31F6N5O. The van der Waals surface area contributed by atoms with Crippen molar-refractivity contribution in [1.29, 1.82) is 0 Å². The van der Waals surface area contributed by atoms with Crippen LogP contribution in [0, 0.1) is 6.92 Å². The van der Waals surface area contributed by atoms with Gasteiger partial charge >= 0.3 is 12.4 Å². The molecule has 1 heterocycles. The highest BCUT2D eigenvalue weighted by molar-refractivity contribution is 6.05. The lowest BCUT2D eigenvalue weighted by molar-refractivity contribution is -0.143. The van der Waals surface area contributed by atoms with Gasteiger partial charge in [-0.1, -0.05) is 32.0 Å². The monoisotopic (exact) mass is 603 g/mol. The smallest absolute Gasteiger partial charge is 0.354 e. The molecule has 3 aromatic carbocycles. The summed E-state index contributed by atoms with van der Waals surface area (Å²) in [6.45, 7) is 9.66. The number of anilines is 2. The molecule has 0 aliphatic carbocycles. The molecule has 0 aliphatic heterocycles. The third kappa shape index (κ3) is 7.81. The van der Waals surface area contributed by atoms with Crippen LogP contribution in [0.15, 0.2) is 60.8 Å². The fourth-order valence-electron chi connectivity index (χ4n) is 4.69. The lowest BCUT2D eigenvalue weighted by Gasteiger charge is -2.17. The Labute approximate surface area is 245 Å². The van der Waals surface area contributed by atoms with Crippen molar-refractivity contribution in [3.05, 3.63) is 83.0 Å². The molecule has 0 atom stereocenters. The van der Waals surface area contributed by atoms with Crippen molar-refractivity contribution in [3.8, 4) is 11.1 Å². The highest BCUT2D eigenvalue weighted by Crippen LogP contribution is 2.37. The van der Waals surface area contributed by atoms with Gasteiger partial charge in [0.2, 0.25) is 5.95 Å². The zero-order chi connectivity index (χ0) is 31.4. The van der Waals surface area contributed by atoms with Crippen molar-refractivity contribution in [3.63, 3.8) is 0 Å². The molecule has 0 fully saturated rings. The molecular weight excluding hydrogens is 572 g/mol. The number of hydrogen-bond acceptors (Lipinski definition) is 5. The average molecular weight is 604 g/mol. The maximum Gasteiger partial charge on any atom is 0.416 e. The van der Waals surface area contributed by atoms with Gasteiger partial charge in [0.15, 0.2) is 0 Å². The van der Waals surface area contributed by atoms with Crippen molar-refractivity contribution < 1.29 is 31.1 Å². The summed E-state index contributed by atoms with van der Waals surface area (Å²) < 4.78 is 79.6. The molecule has 228 valence electrons. The SMILES string of the molecule is CCN(CC)CCCNc1ncc2cc(-c3cccc(NC(=O)c4cc(C(F)(F)F)cc(C(F)(F)F)c4)c3C)ccc2n1. The molecule has 1 amide bonds. The van der Waals surface area contributed by atoms with Crippen LogP contribution in [0.5, 0.6) is 0 Å². The Morgan fingerprint density at radius 1 is 0.907 bits per heavy atom. The molecule has 0 spiro atoms. The minimum atomic E-state index is -5.06. The minimum absolute atomic E-state index is 0.0153. The first-order valence-electron chi connectivity index (χ1n) is 13.7. The predicted molar refractivity (Wildman–Crippen MR) is 155 cm³/mol. The lowest BCUT2D eigenvalue weighted by atomic mass is 9.97. The van der Waals surface area contributed by atoms with Gasteiger partial charge in [-0.3, -0.25) is 4.79 Å². The largest absolute Gasteiger partial charge is 0.416 e. The number of rotatable bonds is 10. The summed E-state index contributed by atoms with van der Waals surface area (Å²) in [5.74, 6) is -0.579. The van der Waals surface area contributed by atoms with Gasteiger partial charge in [-0.05, 0) is 86.1 Å². The topological polar surface area (TPSA) is 70.2 Å². The number of aromatic nitrogens is 2. The van der Waals surface area contributed by atoms with Crippen LogP contribution in [0.25, 0.3) is 22.0 Å². The van der Waals surface area contributed by atoms with Crippen LogP contribution < -0.4 is 10.6 Å². The third-order valence-corrected chi connectivity index (χ3v) is 7.15. The lowest BCUT2D eigenvalue weighted by Crippen LogP contribution is -2.25. The third-order valence-electron chi connectivity index (χ3n) is 7.15. The van der Waals surface area contributed by atoms with E-state index in [0.29, 0.717) is 29.2 Å². The van der Waals surface area contributed by atoms with Gasteiger partial charge in [0.1, 0.15) is 0 Å². The quantitative estimate of drug-likeness (QED) is 0.142. The molecule has 6 nitrogen and oxygen atoms in total.